The van der Waals surface area contributed by atoms with Crippen molar-refractivity contribution in [1.82, 2.24) is 25.0 Å². The fourth-order valence-corrected chi connectivity index (χ4v) is 2.96. The lowest BCUT2D eigenvalue weighted by Gasteiger charge is -2.22. The van der Waals surface area contributed by atoms with Gasteiger partial charge in [0.1, 0.15) is 11.8 Å². The van der Waals surface area contributed by atoms with Gasteiger partial charge >= 0.3 is 5.69 Å². The molecule has 0 bridgehead atoms. The quantitative estimate of drug-likeness (QED) is 0.397. The van der Waals surface area contributed by atoms with Crippen LogP contribution in [-0.2, 0) is 0 Å². The molecule has 4 rings (SSSR count). The second kappa shape index (κ2) is 6.79. The highest BCUT2D eigenvalue weighted by molar-refractivity contribution is 5.79. The Labute approximate surface area is 154 Å². The van der Waals surface area contributed by atoms with Crippen molar-refractivity contribution >= 4 is 28.2 Å². The van der Waals surface area contributed by atoms with Gasteiger partial charge in [0.25, 0.3) is 0 Å². The predicted molar refractivity (Wildman–Crippen MR) is 100 cm³/mol. The summed E-state index contributed by atoms with van der Waals surface area (Å²) in [7, 11) is 0. The fraction of sp³-hybridized carbons (Fsp3) is 0.111. The smallest absolute Gasteiger partial charge is 0.321 e. The summed E-state index contributed by atoms with van der Waals surface area (Å²) < 4.78 is 1.37. The largest absolute Gasteiger partial charge is 0.356 e. The van der Waals surface area contributed by atoms with E-state index >= 15 is 0 Å². The Morgan fingerprint density at radius 1 is 1.07 bits per heavy atom. The highest BCUT2D eigenvalue weighted by Crippen LogP contribution is 2.35. The van der Waals surface area contributed by atoms with Crippen LogP contribution in [0.4, 0.5) is 17.2 Å². The molecular formula is C18H15N7O2. The average Bonchev–Trinajstić information content (AvgIpc) is 3.13. The summed E-state index contributed by atoms with van der Waals surface area (Å²) in [6, 6.07) is 16.6. The van der Waals surface area contributed by atoms with E-state index in [-0.39, 0.29) is 17.3 Å². The number of anilines is 2. The van der Waals surface area contributed by atoms with Gasteiger partial charge in [-0.3, -0.25) is 10.1 Å². The third-order valence-corrected chi connectivity index (χ3v) is 4.16. The predicted octanol–water partition coefficient (Wildman–Crippen LogP) is 3.28. The van der Waals surface area contributed by atoms with Crippen LogP contribution in [-0.4, -0.2) is 36.4 Å². The standard InChI is InChI=1S/C18H15N7O2/c1-2-23(13-8-4-3-5-9-13)17-16(25(26)27)18(20-12-19-17)24-15-11-7-6-10-14(15)21-22-24/h3-12H,2H2,1H3. The highest BCUT2D eigenvalue weighted by Gasteiger charge is 2.29. The van der Waals surface area contributed by atoms with Gasteiger partial charge in [-0.25, -0.2) is 9.97 Å². The van der Waals surface area contributed by atoms with E-state index in [2.05, 4.69) is 20.3 Å². The van der Waals surface area contributed by atoms with E-state index in [1.54, 1.807) is 17.0 Å². The van der Waals surface area contributed by atoms with Gasteiger partial charge in [0.05, 0.1) is 10.4 Å². The highest BCUT2D eigenvalue weighted by atomic mass is 16.6. The summed E-state index contributed by atoms with van der Waals surface area (Å²) in [5.74, 6) is 0.284. The Morgan fingerprint density at radius 3 is 2.56 bits per heavy atom. The summed E-state index contributed by atoms with van der Waals surface area (Å²) in [5, 5.41) is 20.1. The number of nitro groups is 1. The Bertz CT molecular complexity index is 1110. The maximum absolute atomic E-state index is 12.0. The van der Waals surface area contributed by atoms with Crippen molar-refractivity contribution in [2.75, 3.05) is 11.4 Å². The van der Waals surface area contributed by atoms with E-state index in [1.165, 1.54) is 11.0 Å². The van der Waals surface area contributed by atoms with E-state index in [0.29, 0.717) is 17.6 Å². The van der Waals surface area contributed by atoms with Gasteiger partial charge in [0, 0.05) is 12.2 Å². The lowest BCUT2D eigenvalue weighted by Crippen LogP contribution is -2.20. The molecule has 0 fully saturated rings. The van der Waals surface area contributed by atoms with Crippen molar-refractivity contribution in [3.63, 3.8) is 0 Å². The summed E-state index contributed by atoms with van der Waals surface area (Å²) in [6.07, 6.45) is 1.31. The average molecular weight is 361 g/mol. The molecule has 0 saturated carbocycles. The minimum absolute atomic E-state index is 0.0769. The van der Waals surface area contributed by atoms with Crippen LogP contribution in [0.15, 0.2) is 60.9 Å². The van der Waals surface area contributed by atoms with Crippen molar-refractivity contribution in [2.45, 2.75) is 6.92 Å². The maximum Gasteiger partial charge on any atom is 0.356 e. The summed E-state index contributed by atoms with van der Waals surface area (Å²) in [5.41, 5.74) is 1.84. The first-order valence-corrected chi connectivity index (χ1v) is 8.33. The lowest BCUT2D eigenvalue weighted by molar-refractivity contribution is -0.384. The molecule has 4 aromatic rings. The molecule has 134 valence electrons. The Hall–Kier alpha value is -3.88. The number of hydrogen-bond donors (Lipinski definition) is 0. The molecular weight excluding hydrogens is 346 g/mol. The van der Waals surface area contributed by atoms with Crippen LogP contribution in [0, 0.1) is 10.1 Å². The Balaban J connectivity index is 1.95. The molecule has 0 aliphatic heterocycles. The van der Waals surface area contributed by atoms with Gasteiger partial charge in [-0.15, -0.1) is 5.10 Å². The van der Waals surface area contributed by atoms with Gasteiger partial charge in [-0.2, -0.15) is 4.68 Å². The zero-order valence-corrected chi connectivity index (χ0v) is 14.4. The molecule has 0 unspecified atom stereocenters. The molecule has 0 amide bonds. The van der Waals surface area contributed by atoms with Crippen LogP contribution in [0.2, 0.25) is 0 Å². The van der Waals surface area contributed by atoms with Crippen molar-refractivity contribution in [1.29, 1.82) is 0 Å². The van der Waals surface area contributed by atoms with Crippen molar-refractivity contribution in [2.24, 2.45) is 0 Å². The normalized spacial score (nSPS) is 10.9. The molecule has 2 aromatic heterocycles. The van der Waals surface area contributed by atoms with E-state index in [4.69, 9.17) is 0 Å². The third-order valence-electron chi connectivity index (χ3n) is 4.16. The van der Waals surface area contributed by atoms with E-state index in [0.717, 1.165) is 5.69 Å². The van der Waals surface area contributed by atoms with E-state index < -0.39 is 4.92 Å². The molecule has 0 N–H and O–H groups in total. The first kappa shape index (κ1) is 16.6. The molecule has 0 radical (unpaired) electrons. The number of para-hydroxylation sites is 2. The molecule has 0 aliphatic carbocycles. The zero-order chi connectivity index (χ0) is 18.8. The first-order chi connectivity index (χ1) is 13.2. The van der Waals surface area contributed by atoms with Crippen molar-refractivity contribution < 1.29 is 4.92 Å². The number of aromatic nitrogens is 5. The van der Waals surface area contributed by atoms with E-state index in [1.807, 2.05) is 49.4 Å². The van der Waals surface area contributed by atoms with Gasteiger partial charge in [-0.05, 0) is 31.2 Å². The van der Waals surface area contributed by atoms with E-state index in [9.17, 15) is 10.1 Å². The van der Waals surface area contributed by atoms with Gasteiger partial charge in [0.15, 0.2) is 0 Å². The van der Waals surface area contributed by atoms with Gasteiger partial charge < -0.3 is 4.90 Å². The number of nitrogens with zero attached hydrogens (tertiary/aromatic N) is 7. The molecule has 2 aromatic carbocycles. The zero-order valence-electron chi connectivity index (χ0n) is 14.4. The van der Waals surface area contributed by atoms with Crippen molar-refractivity contribution in [3.05, 3.63) is 71.0 Å². The molecule has 0 saturated heterocycles. The second-order valence-corrected chi connectivity index (χ2v) is 5.70. The van der Waals surface area contributed by atoms with Crippen LogP contribution < -0.4 is 4.90 Å². The number of fused-ring (bicyclic) bond motifs is 1. The van der Waals surface area contributed by atoms with Gasteiger partial charge in [0.2, 0.25) is 11.6 Å². The topological polar surface area (TPSA) is 103 Å². The first-order valence-electron chi connectivity index (χ1n) is 8.33. The van der Waals surface area contributed by atoms with Crippen LogP contribution >= 0.6 is 0 Å². The second-order valence-electron chi connectivity index (χ2n) is 5.70. The van der Waals surface area contributed by atoms with Crippen molar-refractivity contribution in [3.8, 4) is 5.82 Å². The monoisotopic (exact) mass is 361 g/mol. The molecule has 9 heteroatoms. The minimum atomic E-state index is -0.479. The SMILES string of the molecule is CCN(c1ccccc1)c1ncnc(-n2nnc3ccccc32)c1[N+](=O)[O-]. The van der Waals surface area contributed by atoms with Crippen LogP contribution in [0.3, 0.4) is 0 Å². The number of hydrogen-bond acceptors (Lipinski definition) is 7. The number of benzene rings is 2. The Morgan fingerprint density at radius 2 is 1.81 bits per heavy atom. The van der Waals surface area contributed by atoms with Crippen LogP contribution in [0.25, 0.3) is 16.9 Å². The molecule has 9 nitrogen and oxygen atoms in total. The molecule has 27 heavy (non-hydrogen) atoms. The summed E-state index contributed by atoms with van der Waals surface area (Å²) in [6.45, 7) is 2.41. The molecule has 2 heterocycles. The maximum atomic E-state index is 12.0. The number of rotatable bonds is 5. The van der Waals surface area contributed by atoms with Gasteiger partial charge in [-0.1, -0.05) is 35.5 Å². The minimum Gasteiger partial charge on any atom is -0.321 e. The third kappa shape index (κ3) is 2.84. The summed E-state index contributed by atoms with van der Waals surface area (Å²) >= 11 is 0. The Kier molecular flexibility index (Phi) is 4.17. The molecule has 0 spiro atoms. The fourth-order valence-electron chi connectivity index (χ4n) is 2.96. The molecule has 0 aliphatic rings. The summed E-state index contributed by atoms with van der Waals surface area (Å²) in [4.78, 5) is 21.6. The molecule has 0 atom stereocenters. The van der Waals surface area contributed by atoms with Crippen LogP contribution in [0.5, 0.6) is 0 Å². The lowest BCUT2D eigenvalue weighted by atomic mass is 10.2. The van der Waals surface area contributed by atoms with Crippen LogP contribution in [0.1, 0.15) is 6.92 Å².